The number of benzene rings is 1. The summed E-state index contributed by atoms with van der Waals surface area (Å²) < 4.78 is 0. The van der Waals surface area contributed by atoms with E-state index in [9.17, 15) is 9.59 Å². The highest BCUT2D eigenvalue weighted by Crippen LogP contribution is 2.30. The Hall–Kier alpha value is -1.44. The molecule has 1 aliphatic rings. The molecule has 0 unspecified atom stereocenters. The Bertz CT molecular complexity index is 417. The smallest absolute Gasteiger partial charge is 0.159 e. The Labute approximate surface area is 102 Å². The predicted octanol–water partition coefficient (Wildman–Crippen LogP) is 3.51. The molecule has 0 amide bonds. The standard InChI is InChI=1S/C15H18O2/c1-11(16)12-6-8-13(9-7-12)14-4-2-3-5-15(17)10-14/h6-9,14H,2-5,10H2,1H3/t14-/m1/s1. The number of ketones is 2. The molecule has 0 heterocycles. The van der Waals surface area contributed by atoms with Crippen molar-refractivity contribution in [2.45, 2.75) is 44.9 Å². The summed E-state index contributed by atoms with van der Waals surface area (Å²) >= 11 is 0. The normalized spacial score (nSPS) is 21.0. The van der Waals surface area contributed by atoms with Crippen LogP contribution in [-0.4, -0.2) is 11.6 Å². The lowest BCUT2D eigenvalue weighted by Gasteiger charge is -2.13. The summed E-state index contributed by atoms with van der Waals surface area (Å²) in [6.07, 6.45) is 4.65. The summed E-state index contributed by atoms with van der Waals surface area (Å²) in [5.41, 5.74) is 1.94. The molecule has 0 N–H and O–H groups in total. The van der Waals surface area contributed by atoms with Crippen molar-refractivity contribution in [1.82, 2.24) is 0 Å². The van der Waals surface area contributed by atoms with Crippen molar-refractivity contribution in [2.24, 2.45) is 0 Å². The van der Waals surface area contributed by atoms with Gasteiger partial charge in [0.25, 0.3) is 0 Å². The fourth-order valence-electron chi connectivity index (χ4n) is 2.47. The molecule has 17 heavy (non-hydrogen) atoms. The first-order valence-electron chi connectivity index (χ1n) is 6.29. The monoisotopic (exact) mass is 230 g/mol. The Morgan fingerprint density at radius 1 is 1.18 bits per heavy atom. The summed E-state index contributed by atoms with van der Waals surface area (Å²) in [4.78, 5) is 22.8. The summed E-state index contributed by atoms with van der Waals surface area (Å²) in [7, 11) is 0. The average Bonchev–Trinajstić information content (AvgIpc) is 2.54. The molecule has 90 valence electrons. The molecule has 0 aromatic heterocycles. The van der Waals surface area contributed by atoms with E-state index in [2.05, 4.69) is 0 Å². The maximum Gasteiger partial charge on any atom is 0.159 e. The van der Waals surface area contributed by atoms with Gasteiger partial charge in [0.1, 0.15) is 5.78 Å². The number of carbonyl (C=O) groups is 2. The number of carbonyl (C=O) groups excluding carboxylic acids is 2. The minimum absolute atomic E-state index is 0.0912. The highest BCUT2D eigenvalue weighted by molar-refractivity contribution is 5.94. The van der Waals surface area contributed by atoms with Crippen molar-refractivity contribution in [1.29, 1.82) is 0 Å². The van der Waals surface area contributed by atoms with Gasteiger partial charge in [0, 0.05) is 18.4 Å². The molecule has 1 aromatic carbocycles. The molecule has 2 heteroatoms. The molecule has 0 radical (unpaired) electrons. The van der Waals surface area contributed by atoms with E-state index in [-0.39, 0.29) is 5.78 Å². The number of hydrogen-bond donors (Lipinski definition) is 0. The maximum absolute atomic E-state index is 11.6. The lowest BCUT2D eigenvalue weighted by Crippen LogP contribution is -2.04. The van der Waals surface area contributed by atoms with E-state index < -0.39 is 0 Å². The van der Waals surface area contributed by atoms with Gasteiger partial charge < -0.3 is 0 Å². The number of hydrogen-bond acceptors (Lipinski definition) is 2. The molecule has 1 atom stereocenters. The first-order valence-corrected chi connectivity index (χ1v) is 6.29. The second-order valence-corrected chi connectivity index (χ2v) is 4.86. The van der Waals surface area contributed by atoms with Crippen molar-refractivity contribution >= 4 is 11.6 Å². The topological polar surface area (TPSA) is 34.1 Å². The van der Waals surface area contributed by atoms with Crippen LogP contribution in [0.1, 0.15) is 60.9 Å². The third kappa shape index (κ3) is 3.02. The van der Waals surface area contributed by atoms with Gasteiger partial charge in [0.05, 0.1) is 0 Å². The van der Waals surface area contributed by atoms with E-state index in [4.69, 9.17) is 0 Å². The van der Waals surface area contributed by atoms with Crippen LogP contribution in [0.25, 0.3) is 0 Å². The van der Waals surface area contributed by atoms with E-state index in [1.165, 1.54) is 5.56 Å². The van der Waals surface area contributed by atoms with Crippen LogP contribution in [0.15, 0.2) is 24.3 Å². The van der Waals surface area contributed by atoms with Crippen LogP contribution in [0.4, 0.5) is 0 Å². The quantitative estimate of drug-likeness (QED) is 0.575. The second-order valence-electron chi connectivity index (χ2n) is 4.86. The molecular weight excluding hydrogens is 212 g/mol. The van der Waals surface area contributed by atoms with Gasteiger partial charge >= 0.3 is 0 Å². The first kappa shape index (κ1) is 12.0. The van der Waals surface area contributed by atoms with Gasteiger partial charge in [-0.1, -0.05) is 30.7 Å². The molecule has 1 fully saturated rings. The van der Waals surface area contributed by atoms with Crippen LogP contribution in [-0.2, 0) is 4.79 Å². The number of rotatable bonds is 2. The van der Waals surface area contributed by atoms with Gasteiger partial charge in [-0.15, -0.1) is 0 Å². The summed E-state index contributed by atoms with van der Waals surface area (Å²) in [6.45, 7) is 1.57. The van der Waals surface area contributed by atoms with Gasteiger partial charge in [-0.3, -0.25) is 9.59 Å². The van der Waals surface area contributed by atoms with Crippen molar-refractivity contribution < 1.29 is 9.59 Å². The van der Waals surface area contributed by atoms with Crippen LogP contribution >= 0.6 is 0 Å². The highest BCUT2D eigenvalue weighted by Gasteiger charge is 2.19. The van der Waals surface area contributed by atoms with Crippen LogP contribution in [0.5, 0.6) is 0 Å². The van der Waals surface area contributed by atoms with E-state index >= 15 is 0 Å². The van der Waals surface area contributed by atoms with Crippen molar-refractivity contribution in [2.75, 3.05) is 0 Å². The van der Waals surface area contributed by atoms with E-state index in [1.807, 2.05) is 24.3 Å². The summed E-state index contributed by atoms with van der Waals surface area (Å²) in [5, 5.41) is 0. The predicted molar refractivity (Wildman–Crippen MR) is 67.3 cm³/mol. The maximum atomic E-state index is 11.6. The minimum Gasteiger partial charge on any atom is -0.300 e. The SMILES string of the molecule is CC(=O)c1ccc([C@@H]2CCCCC(=O)C2)cc1. The van der Waals surface area contributed by atoms with Crippen molar-refractivity contribution in [3.05, 3.63) is 35.4 Å². The second kappa shape index (κ2) is 5.26. The van der Waals surface area contributed by atoms with Crippen LogP contribution in [0.3, 0.4) is 0 Å². The zero-order valence-corrected chi connectivity index (χ0v) is 10.2. The summed E-state index contributed by atoms with van der Waals surface area (Å²) in [5.74, 6) is 0.822. The number of Topliss-reactive ketones (excluding diaryl/α,β-unsaturated/α-hetero) is 2. The van der Waals surface area contributed by atoms with E-state index in [1.54, 1.807) is 6.92 Å². The minimum atomic E-state index is 0.0912. The van der Waals surface area contributed by atoms with Gasteiger partial charge in [0.2, 0.25) is 0 Å². The molecule has 0 bridgehead atoms. The van der Waals surface area contributed by atoms with Gasteiger partial charge in [-0.2, -0.15) is 0 Å². The average molecular weight is 230 g/mol. The first-order chi connectivity index (χ1) is 8.16. The largest absolute Gasteiger partial charge is 0.300 e. The zero-order chi connectivity index (χ0) is 12.3. The van der Waals surface area contributed by atoms with Gasteiger partial charge in [0.15, 0.2) is 5.78 Å². The molecule has 1 aliphatic carbocycles. The van der Waals surface area contributed by atoms with Crippen LogP contribution in [0, 0.1) is 0 Å². The summed E-state index contributed by atoms with van der Waals surface area (Å²) in [6, 6.07) is 7.74. The molecule has 0 aliphatic heterocycles. The molecule has 0 saturated heterocycles. The lowest BCUT2D eigenvalue weighted by molar-refractivity contribution is -0.119. The van der Waals surface area contributed by atoms with Crippen LogP contribution in [0.2, 0.25) is 0 Å². The van der Waals surface area contributed by atoms with Crippen molar-refractivity contribution in [3.8, 4) is 0 Å². The molecule has 2 nitrogen and oxygen atoms in total. The van der Waals surface area contributed by atoms with E-state index in [0.717, 1.165) is 31.2 Å². The Morgan fingerprint density at radius 2 is 1.88 bits per heavy atom. The Morgan fingerprint density at radius 3 is 2.53 bits per heavy atom. The third-order valence-electron chi connectivity index (χ3n) is 3.52. The Balaban J connectivity index is 2.15. The fraction of sp³-hybridized carbons (Fsp3) is 0.467. The molecule has 2 rings (SSSR count). The zero-order valence-electron chi connectivity index (χ0n) is 10.2. The molecular formula is C15H18O2. The van der Waals surface area contributed by atoms with Crippen molar-refractivity contribution in [3.63, 3.8) is 0 Å². The molecule has 0 spiro atoms. The van der Waals surface area contributed by atoms with Gasteiger partial charge in [-0.05, 0) is 31.2 Å². The lowest BCUT2D eigenvalue weighted by atomic mass is 9.91. The molecule has 1 saturated carbocycles. The highest BCUT2D eigenvalue weighted by atomic mass is 16.1. The van der Waals surface area contributed by atoms with Gasteiger partial charge in [-0.25, -0.2) is 0 Å². The molecule has 1 aromatic rings. The Kier molecular flexibility index (Phi) is 3.72. The third-order valence-corrected chi connectivity index (χ3v) is 3.52. The van der Waals surface area contributed by atoms with Crippen LogP contribution < -0.4 is 0 Å². The van der Waals surface area contributed by atoms with E-state index in [0.29, 0.717) is 18.1 Å². The fourth-order valence-corrected chi connectivity index (χ4v) is 2.47.